The molecule has 6 nitrogen and oxygen atoms in total. The summed E-state index contributed by atoms with van der Waals surface area (Å²) in [6, 6.07) is 0. The van der Waals surface area contributed by atoms with Gasteiger partial charge in [0.25, 0.3) is 10.2 Å². The summed E-state index contributed by atoms with van der Waals surface area (Å²) in [6.07, 6.45) is 2.29. The molecule has 1 rings (SSSR count). The predicted octanol–water partition coefficient (Wildman–Crippen LogP) is -0.0962. The molecule has 1 N–H and O–H groups in total. The summed E-state index contributed by atoms with van der Waals surface area (Å²) < 4.78 is 32.3. The van der Waals surface area contributed by atoms with Crippen molar-refractivity contribution >= 4 is 10.2 Å². The van der Waals surface area contributed by atoms with E-state index in [4.69, 9.17) is 9.84 Å². The zero-order valence-electron chi connectivity index (χ0n) is 11.2. The summed E-state index contributed by atoms with van der Waals surface area (Å²) in [7, 11) is -0.237. The Kier molecular flexibility index (Phi) is 6.51. The fourth-order valence-electron chi connectivity index (χ4n) is 2.03. The molecule has 0 amide bonds. The van der Waals surface area contributed by atoms with E-state index in [1.807, 2.05) is 0 Å². The van der Waals surface area contributed by atoms with Gasteiger partial charge in [0.2, 0.25) is 0 Å². The van der Waals surface area contributed by atoms with E-state index in [0.717, 1.165) is 26.1 Å². The minimum absolute atomic E-state index is 0.00351. The predicted molar refractivity (Wildman–Crippen MR) is 69.4 cm³/mol. The van der Waals surface area contributed by atoms with Crippen molar-refractivity contribution in [2.75, 3.05) is 47.0 Å². The van der Waals surface area contributed by atoms with Crippen LogP contribution in [-0.2, 0) is 14.9 Å². The zero-order chi connectivity index (χ0) is 13.6. The van der Waals surface area contributed by atoms with E-state index in [-0.39, 0.29) is 6.61 Å². The minimum atomic E-state index is -3.40. The van der Waals surface area contributed by atoms with Gasteiger partial charge in [-0.3, -0.25) is 0 Å². The minimum Gasteiger partial charge on any atom is -0.396 e. The summed E-state index contributed by atoms with van der Waals surface area (Å²) in [5, 5.41) is 8.73. The monoisotopic (exact) mass is 280 g/mol. The van der Waals surface area contributed by atoms with Gasteiger partial charge in [-0.1, -0.05) is 0 Å². The third-order valence-electron chi connectivity index (χ3n) is 3.28. The summed E-state index contributed by atoms with van der Waals surface area (Å²) >= 11 is 0. The van der Waals surface area contributed by atoms with Crippen LogP contribution >= 0.6 is 0 Å². The molecular formula is C11H24N2O4S. The summed E-state index contributed by atoms with van der Waals surface area (Å²) in [6.45, 7) is 2.33. The van der Waals surface area contributed by atoms with Crippen molar-refractivity contribution in [2.24, 2.45) is 5.92 Å². The molecule has 0 atom stereocenters. The van der Waals surface area contributed by atoms with Crippen molar-refractivity contribution in [1.82, 2.24) is 8.61 Å². The van der Waals surface area contributed by atoms with Gasteiger partial charge < -0.3 is 9.84 Å². The smallest absolute Gasteiger partial charge is 0.281 e. The molecule has 1 aliphatic heterocycles. The van der Waals surface area contributed by atoms with Gasteiger partial charge in [0, 0.05) is 47.0 Å². The van der Waals surface area contributed by atoms with Gasteiger partial charge in [-0.15, -0.1) is 0 Å². The molecule has 0 aromatic carbocycles. The van der Waals surface area contributed by atoms with E-state index in [9.17, 15) is 8.42 Å². The third kappa shape index (κ3) is 4.47. The molecule has 0 spiro atoms. The Morgan fingerprint density at radius 3 is 2.39 bits per heavy atom. The van der Waals surface area contributed by atoms with Crippen LogP contribution in [0.2, 0.25) is 0 Å². The SMILES string of the molecule is CN(CCCO)S(=O)(=O)N(C)CC1CCOCC1. The van der Waals surface area contributed by atoms with E-state index < -0.39 is 10.2 Å². The molecule has 0 aromatic rings. The molecule has 0 saturated carbocycles. The van der Waals surface area contributed by atoms with Crippen LogP contribution in [0, 0.1) is 5.92 Å². The Balaban J connectivity index is 2.49. The molecule has 0 unspecified atom stereocenters. The average Bonchev–Trinajstić information content (AvgIpc) is 2.36. The van der Waals surface area contributed by atoms with Crippen molar-refractivity contribution in [2.45, 2.75) is 19.3 Å². The van der Waals surface area contributed by atoms with Gasteiger partial charge in [-0.2, -0.15) is 17.0 Å². The first-order valence-corrected chi connectivity index (χ1v) is 7.74. The van der Waals surface area contributed by atoms with Crippen molar-refractivity contribution < 1.29 is 18.3 Å². The van der Waals surface area contributed by atoms with Gasteiger partial charge in [-0.25, -0.2) is 0 Å². The van der Waals surface area contributed by atoms with Crippen LogP contribution in [0.3, 0.4) is 0 Å². The van der Waals surface area contributed by atoms with Gasteiger partial charge in [0.05, 0.1) is 0 Å². The number of hydrogen-bond donors (Lipinski definition) is 1. The molecule has 0 radical (unpaired) electrons. The molecule has 108 valence electrons. The van der Waals surface area contributed by atoms with Crippen LogP contribution < -0.4 is 0 Å². The Bertz CT molecular complexity index is 328. The molecule has 0 bridgehead atoms. The van der Waals surface area contributed by atoms with Gasteiger partial charge >= 0.3 is 0 Å². The van der Waals surface area contributed by atoms with E-state index in [1.54, 1.807) is 14.1 Å². The quantitative estimate of drug-likeness (QED) is 0.707. The highest BCUT2D eigenvalue weighted by atomic mass is 32.2. The molecule has 1 saturated heterocycles. The number of aliphatic hydroxyl groups excluding tert-OH is 1. The molecule has 0 aliphatic carbocycles. The number of rotatable bonds is 7. The first kappa shape index (κ1) is 15.8. The van der Waals surface area contributed by atoms with Gasteiger partial charge in [0.1, 0.15) is 0 Å². The van der Waals surface area contributed by atoms with Crippen LogP contribution in [0.4, 0.5) is 0 Å². The van der Waals surface area contributed by atoms with Crippen LogP contribution in [0.15, 0.2) is 0 Å². The summed E-state index contributed by atoms with van der Waals surface area (Å²) in [5.74, 6) is 0.379. The zero-order valence-corrected chi connectivity index (χ0v) is 12.0. The molecule has 1 aliphatic rings. The second-order valence-corrected chi connectivity index (χ2v) is 6.89. The van der Waals surface area contributed by atoms with Crippen molar-refractivity contribution in [3.63, 3.8) is 0 Å². The number of ether oxygens (including phenoxy) is 1. The van der Waals surface area contributed by atoms with Crippen molar-refractivity contribution in [1.29, 1.82) is 0 Å². The first-order valence-electron chi connectivity index (χ1n) is 6.34. The highest BCUT2D eigenvalue weighted by Crippen LogP contribution is 2.17. The lowest BCUT2D eigenvalue weighted by Crippen LogP contribution is -2.43. The lowest BCUT2D eigenvalue weighted by atomic mass is 10.0. The molecule has 18 heavy (non-hydrogen) atoms. The largest absolute Gasteiger partial charge is 0.396 e. The second kappa shape index (κ2) is 7.40. The standard InChI is InChI=1S/C11H24N2O4S/c1-12(6-3-7-14)18(15,16)13(2)10-11-4-8-17-9-5-11/h11,14H,3-10H2,1-2H3. The normalized spacial score (nSPS) is 18.7. The lowest BCUT2D eigenvalue weighted by Gasteiger charge is -2.29. The summed E-state index contributed by atoms with van der Waals surface area (Å²) in [4.78, 5) is 0. The second-order valence-electron chi connectivity index (χ2n) is 4.74. The van der Waals surface area contributed by atoms with Crippen molar-refractivity contribution in [3.05, 3.63) is 0 Å². The maximum atomic E-state index is 12.1. The Morgan fingerprint density at radius 1 is 1.22 bits per heavy atom. The van der Waals surface area contributed by atoms with Crippen LogP contribution in [-0.4, -0.2) is 69.1 Å². The Hall–Kier alpha value is -0.210. The van der Waals surface area contributed by atoms with Crippen LogP contribution in [0.25, 0.3) is 0 Å². The van der Waals surface area contributed by atoms with Gasteiger partial charge in [-0.05, 0) is 25.2 Å². The number of aliphatic hydroxyl groups is 1. The maximum absolute atomic E-state index is 12.1. The molecular weight excluding hydrogens is 256 g/mol. The molecule has 0 aromatic heterocycles. The average molecular weight is 280 g/mol. The topological polar surface area (TPSA) is 70.1 Å². The third-order valence-corrected chi connectivity index (χ3v) is 5.18. The number of hydrogen-bond acceptors (Lipinski definition) is 4. The Labute approximate surface area is 110 Å². The highest BCUT2D eigenvalue weighted by Gasteiger charge is 2.26. The van der Waals surface area contributed by atoms with E-state index in [1.165, 1.54) is 8.61 Å². The first-order chi connectivity index (χ1) is 8.48. The summed E-state index contributed by atoms with van der Waals surface area (Å²) in [5.41, 5.74) is 0. The fourth-order valence-corrected chi connectivity index (χ4v) is 3.27. The van der Waals surface area contributed by atoms with E-state index in [2.05, 4.69) is 0 Å². The van der Waals surface area contributed by atoms with Crippen LogP contribution in [0.1, 0.15) is 19.3 Å². The number of nitrogens with zero attached hydrogens (tertiary/aromatic N) is 2. The highest BCUT2D eigenvalue weighted by molar-refractivity contribution is 7.86. The maximum Gasteiger partial charge on any atom is 0.281 e. The van der Waals surface area contributed by atoms with Gasteiger partial charge in [0.15, 0.2) is 0 Å². The molecule has 1 fully saturated rings. The van der Waals surface area contributed by atoms with Crippen LogP contribution in [0.5, 0.6) is 0 Å². The fraction of sp³-hybridized carbons (Fsp3) is 1.00. The van der Waals surface area contributed by atoms with Crippen molar-refractivity contribution in [3.8, 4) is 0 Å². The molecule has 7 heteroatoms. The lowest BCUT2D eigenvalue weighted by molar-refractivity contribution is 0.0616. The van der Waals surface area contributed by atoms with E-state index >= 15 is 0 Å². The Morgan fingerprint density at radius 2 is 1.83 bits per heavy atom. The molecule has 1 heterocycles. The van der Waals surface area contributed by atoms with E-state index in [0.29, 0.717) is 25.4 Å².